The first kappa shape index (κ1) is 17.9. The molecule has 0 unspecified atom stereocenters. The monoisotopic (exact) mass is 350 g/mol. The number of carbonyl (C=O) groups is 1. The predicted octanol–water partition coefficient (Wildman–Crippen LogP) is 3.98. The van der Waals surface area contributed by atoms with Gasteiger partial charge in [-0.1, -0.05) is 12.1 Å². The Morgan fingerprint density at radius 1 is 1.27 bits per heavy atom. The van der Waals surface area contributed by atoms with Crippen LogP contribution in [-0.2, 0) is 4.79 Å². The Hall–Kier alpha value is -2.92. The maximum Gasteiger partial charge on any atom is 0.152 e. The molecule has 0 aliphatic rings. The van der Waals surface area contributed by atoms with Gasteiger partial charge < -0.3 is 14.8 Å². The quantitative estimate of drug-likeness (QED) is 0.659. The topological polar surface area (TPSA) is 75.2 Å². The van der Waals surface area contributed by atoms with Crippen molar-refractivity contribution in [1.29, 1.82) is 0 Å². The van der Waals surface area contributed by atoms with Crippen LogP contribution in [0.15, 0.2) is 48.8 Å². The van der Waals surface area contributed by atoms with Gasteiger partial charge in [0.1, 0.15) is 18.0 Å². The number of H-pyrrole nitrogens is 1. The molecule has 0 radical (unpaired) electrons. The number of aromatic nitrogens is 2. The predicted molar refractivity (Wildman–Crippen MR) is 103 cm³/mol. The lowest BCUT2D eigenvalue weighted by Gasteiger charge is -2.17. The highest BCUT2D eigenvalue weighted by Gasteiger charge is 2.13. The van der Waals surface area contributed by atoms with E-state index in [1.54, 1.807) is 26.0 Å². The highest BCUT2D eigenvalue weighted by Crippen LogP contribution is 2.27. The van der Waals surface area contributed by atoms with Crippen LogP contribution in [0.25, 0.3) is 28.2 Å². The third-order valence-corrected chi connectivity index (χ3v) is 3.84. The number of aromatic amines is 1. The molecule has 0 bridgehead atoms. The molecule has 0 amide bonds. The average Bonchev–Trinajstić information content (AvgIpc) is 3.00. The van der Waals surface area contributed by atoms with Crippen molar-refractivity contribution in [3.05, 3.63) is 54.4 Å². The lowest BCUT2D eigenvalue weighted by Crippen LogP contribution is -2.27. The number of carbonyl (C=O) groups excluding carboxylic acids is 1. The molecule has 26 heavy (non-hydrogen) atoms. The highest BCUT2D eigenvalue weighted by molar-refractivity contribution is 5.96. The molecule has 2 heterocycles. The minimum absolute atomic E-state index is 0.00473. The van der Waals surface area contributed by atoms with Crippen LogP contribution in [0.4, 0.5) is 0 Å². The molecule has 0 spiro atoms. The van der Waals surface area contributed by atoms with Crippen LogP contribution in [0.3, 0.4) is 0 Å². The fraction of sp³-hybridized carbons (Fsp3) is 0.238. The molecule has 0 saturated heterocycles. The average molecular weight is 350 g/mol. The van der Waals surface area contributed by atoms with Crippen molar-refractivity contribution in [2.24, 2.45) is 0 Å². The second kappa shape index (κ2) is 7.14. The number of fused-ring (bicyclic) bond motifs is 1. The summed E-state index contributed by atoms with van der Waals surface area (Å²) in [6.07, 6.45) is 6.99. The molecule has 3 aromatic rings. The summed E-state index contributed by atoms with van der Waals surface area (Å²) in [5.41, 5.74) is 2.82. The standard InChI is InChI=1S/C21H22N2O3/c1-14(24)4-5-16-11-22-20-19(16)10-17(12-23-20)15-6-8-18(9-7-15)26-13-21(2,3)25/h4-12,25H,13H2,1-3H3,(H,22,23)/b5-4+. The van der Waals surface area contributed by atoms with Crippen LogP contribution in [0.1, 0.15) is 26.3 Å². The Morgan fingerprint density at radius 2 is 2.00 bits per heavy atom. The fourth-order valence-electron chi connectivity index (χ4n) is 2.53. The van der Waals surface area contributed by atoms with Crippen molar-refractivity contribution in [1.82, 2.24) is 9.97 Å². The molecule has 5 nitrogen and oxygen atoms in total. The largest absolute Gasteiger partial charge is 0.491 e. The van der Waals surface area contributed by atoms with Crippen molar-refractivity contribution in [3.8, 4) is 16.9 Å². The molecule has 1 aromatic carbocycles. The molecule has 3 rings (SSSR count). The smallest absolute Gasteiger partial charge is 0.152 e. The van der Waals surface area contributed by atoms with Gasteiger partial charge >= 0.3 is 0 Å². The number of ether oxygens (including phenoxy) is 1. The maximum absolute atomic E-state index is 11.2. The molecule has 0 fully saturated rings. The fourth-order valence-corrected chi connectivity index (χ4v) is 2.53. The number of hydrogen-bond acceptors (Lipinski definition) is 4. The van der Waals surface area contributed by atoms with Crippen LogP contribution < -0.4 is 4.74 Å². The lowest BCUT2D eigenvalue weighted by atomic mass is 10.1. The number of ketones is 1. The van der Waals surface area contributed by atoms with Crippen LogP contribution in [0.5, 0.6) is 5.75 Å². The van der Waals surface area contributed by atoms with Crippen LogP contribution in [0, 0.1) is 0 Å². The van der Waals surface area contributed by atoms with E-state index in [9.17, 15) is 9.90 Å². The number of hydrogen-bond donors (Lipinski definition) is 2. The van der Waals surface area contributed by atoms with Gasteiger partial charge in [0.25, 0.3) is 0 Å². The molecule has 2 N–H and O–H groups in total. The number of benzene rings is 1. The number of pyridine rings is 1. The van der Waals surface area contributed by atoms with Gasteiger partial charge in [-0.25, -0.2) is 4.98 Å². The van der Waals surface area contributed by atoms with Crippen molar-refractivity contribution in [3.63, 3.8) is 0 Å². The Bertz CT molecular complexity index is 948. The minimum Gasteiger partial charge on any atom is -0.491 e. The molecular formula is C21H22N2O3. The molecule has 5 heteroatoms. The number of nitrogens with zero attached hydrogens (tertiary/aromatic N) is 1. The van der Waals surface area contributed by atoms with Crippen molar-refractivity contribution in [2.45, 2.75) is 26.4 Å². The van der Waals surface area contributed by atoms with E-state index in [4.69, 9.17) is 4.74 Å². The van der Waals surface area contributed by atoms with E-state index in [0.717, 1.165) is 27.7 Å². The summed E-state index contributed by atoms with van der Waals surface area (Å²) in [7, 11) is 0. The van der Waals surface area contributed by atoms with Crippen molar-refractivity contribution < 1.29 is 14.6 Å². The third kappa shape index (κ3) is 4.37. The molecule has 2 aromatic heterocycles. The maximum atomic E-state index is 11.2. The van der Waals surface area contributed by atoms with Crippen molar-refractivity contribution in [2.75, 3.05) is 6.61 Å². The Kier molecular flexibility index (Phi) is 4.91. The lowest BCUT2D eigenvalue weighted by molar-refractivity contribution is -0.112. The summed E-state index contributed by atoms with van der Waals surface area (Å²) in [6, 6.07) is 9.71. The van der Waals surface area contributed by atoms with Gasteiger partial charge in [-0.05, 0) is 56.7 Å². The molecule has 0 atom stereocenters. The Balaban J connectivity index is 1.85. The number of nitrogens with one attached hydrogen (secondary N) is 1. The van der Waals surface area contributed by atoms with E-state index in [-0.39, 0.29) is 12.4 Å². The summed E-state index contributed by atoms with van der Waals surface area (Å²) >= 11 is 0. The van der Waals surface area contributed by atoms with Gasteiger partial charge in [-0.15, -0.1) is 0 Å². The SMILES string of the molecule is CC(=O)/C=C/c1c[nH]c2ncc(-c3ccc(OCC(C)(C)O)cc3)cc12. The van der Waals surface area contributed by atoms with E-state index in [0.29, 0.717) is 5.75 Å². The van der Waals surface area contributed by atoms with E-state index in [1.165, 1.54) is 6.92 Å². The summed E-state index contributed by atoms with van der Waals surface area (Å²) in [5.74, 6) is 0.710. The number of allylic oxidation sites excluding steroid dienone is 1. The Morgan fingerprint density at radius 3 is 2.65 bits per heavy atom. The van der Waals surface area contributed by atoms with Gasteiger partial charge in [0.05, 0.1) is 5.60 Å². The molecule has 0 aliphatic heterocycles. The minimum atomic E-state index is -0.869. The third-order valence-electron chi connectivity index (χ3n) is 3.84. The van der Waals surface area contributed by atoms with Gasteiger partial charge in [-0.2, -0.15) is 0 Å². The van der Waals surface area contributed by atoms with E-state index in [1.807, 2.05) is 42.7 Å². The zero-order valence-electron chi connectivity index (χ0n) is 15.1. The second-order valence-electron chi connectivity index (χ2n) is 6.93. The van der Waals surface area contributed by atoms with E-state index in [2.05, 4.69) is 9.97 Å². The first-order valence-corrected chi connectivity index (χ1v) is 8.43. The first-order chi connectivity index (χ1) is 12.3. The number of rotatable bonds is 6. The van der Waals surface area contributed by atoms with Gasteiger partial charge in [0, 0.05) is 28.9 Å². The summed E-state index contributed by atoms with van der Waals surface area (Å²) in [4.78, 5) is 18.7. The second-order valence-corrected chi connectivity index (χ2v) is 6.93. The highest BCUT2D eigenvalue weighted by atomic mass is 16.5. The van der Waals surface area contributed by atoms with Crippen molar-refractivity contribution >= 4 is 22.9 Å². The van der Waals surface area contributed by atoms with E-state index < -0.39 is 5.60 Å². The van der Waals surface area contributed by atoms with Gasteiger partial charge in [0.15, 0.2) is 5.78 Å². The van der Waals surface area contributed by atoms with Crippen LogP contribution in [0.2, 0.25) is 0 Å². The summed E-state index contributed by atoms with van der Waals surface area (Å²) in [5, 5.41) is 10.7. The molecule has 134 valence electrons. The molecular weight excluding hydrogens is 328 g/mol. The van der Waals surface area contributed by atoms with Crippen LogP contribution >= 0.6 is 0 Å². The van der Waals surface area contributed by atoms with Gasteiger partial charge in [-0.3, -0.25) is 4.79 Å². The zero-order chi connectivity index (χ0) is 18.7. The van der Waals surface area contributed by atoms with Gasteiger partial charge in [0.2, 0.25) is 0 Å². The molecule has 0 aliphatic carbocycles. The summed E-state index contributed by atoms with van der Waals surface area (Å²) < 4.78 is 5.58. The zero-order valence-corrected chi connectivity index (χ0v) is 15.1. The van der Waals surface area contributed by atoms with E-state index >= 15 is 0 Å². The first-order valence-electron chi connectivity index (χ1n) is 8.43. The Labute approximate surface area is 152 Å². The number of aliphatic hydroxyl groups is 1. The normalized spacial score (nSPS) is 12.0. The summed E-state index contributed by atoms with van der Waals surface area (Å²) in [6.45, 7) is 5.17. The molecule has 0 saturated carbocycles. The van der Waals surface area contributed by atoms with Crippen LogP contribution in [-0.4, -0.2) is 33.1 Å².